The summed E-state index contributed by atoms with van der Waals surface area (Å²) < 4.78 is 5.50. The van der Waals surface area contributed by atoms with Gasteiger partial charge in [0.1, 0.15) is 0 Å². The molecule has 2 saturated carbocycles. The average molecular weight is 443 g/mol. The maximum absolute atomic E-state index is 13.0. The lowest BCUT2D eigenvalue weighted by Gasteiger charge is -2.52. The third-order valence-corrected chi connectivity index (χ3v) is 10.7. The highest BCUT2D eigenvalue weighted by Gasteiger charge is 2.55. The molecule has 1 saturated heterocycles. The highest BCUT2D eigenvalue weighted by atomic mass is 32.2. The number of thioether (sulfide) groups is 2. The van der Waals surface area contributed by atoms with Gasteiger partial charge < -0.3 is 15.1 Å². The number of anilines is 2. The van der Waals surface area contributed by atoms with Crippen molar-refractivity contribution in [3.8, 4) is 0 Å². The van der Waals surface area contributed by atoms with Gasteiger partial charge in [-0.3, -0.25) is 9.59 Å². The molecule has 3 aliphatic rings. The summed E-state index contributed by atoms with van der Waals surface area (Å²) in [6.07, 6.45) is 7.35. The summed E-state index contributed by atoms with van der Waals surface area (Å²) in [5.74, 6) is 4.08. The number of carbonyl (C=O) groups excluding carboxylic acids is 2. The second kappa shape index (κ2) is 8.35. The highest BCUT2D eigenvalue weighted by molar-refractivity contribution is 8.21. The second-order valence-electron chi connectivity index (χ2n) is 8.41. The third kappa shape index (κ3) is 3.78. The molecule has 1 aliphatic heterocycles. The Kier molecular flexibility index (Phi) is 5.58. The average Bonchev–Trinajstić information content (AvgIpc) is 3.42. The van der Waals surface area contributed by atoms with E-state index in [-0.39, 0.29) is 23.5 Å². The first kappa shape index (κ1) is 20.1. The molecule has 158 valence electrons. The lowest BCUT2D eigenvalue weighted by Crippen LogP contribution is -2.48. The predicted molar refractivity (Wildman–Crippen MR) is 123 cm³/mol. The maximum Gasteiger partial charge on any atom is 0.291 e. The molecule has 5 rings (SSSR count). The number of furan rings is 1. The van der Waals surface area contributed by atoms with E-state index >= 15 is 0 Å². The van der Waals surface area contributed by atoms with Gasteiger partial charge in [-0.05, 0) is 73.9 Å². The van der Waals surface area contributed by atoms with Crippen LogP contribution in [0.5, 0.6) is 0 Å². The lowest BCUT2D eigenvalue weighted by atomic mass is 9.67. The van der Waals surface area contributed by atoms with Crippen molar-refractivity contribution < 1.29 is 14.0 Å². The first-order valence-electron chi connectivity index (χ1n) is 10.7. The number of nitrogens with one attached hydrogen (secondary N) is 2. The summed E-state index contributed by atoms with van der Waals surface area (Å²) in [7, 11) is 0. The fraction of sp³-hybridized carbons (Fsp3) is 0.478. The molecular formula is C23H26N2O3S2. The quantitative estimate of drug-likeness (QED) is 0.657. The van der Waals surface area contributed by atoms with Crippen molar-refractivity contribution >= 4 is 46.7 Å². The Bertz CT molecular complexity index is 891. The van der Waals surface area contributed by atoms with Gasteiger partial charge in [0.25, 0.3) is 5.91 Å². The van der Waals surface area contributed by atoms with E-state index in [0.29, 0.717) is 21.6 Å². The topological polar surface area (TPSA) is 71.3 Å². The van der Waals surface area contributed by atoms with E-state index in [1.54, 1.807) is 24.3 Å². The van der Waals surface area contributed by atoms with Crippen molar-refractivity contribution in [3.05, 3.63) is 48.4 Å². The Hall–Kier alpha value is -1.86. The SMILES string of the molecule is O=C(Nc1ccc(NC(=O)C2CC3CCCC(C2)C32SCCS2)cc1)c1ccco1. The molecule has 7 heteroatoms. The fourth-order valence-electron chi connectivity index (χ4n) is 5.30. The van der Waals surface area contributed by atoms with Crippen LogP contribution in [0, 0.1) is 17.8 Å². The van der Waals surface area contributed by atoms with Gasteiger partial charge in [-0.1, -0.05) is 6.42 Å². The Morgan fingerprint density at radius 1 is 0.933 bits per heavy atom. The molecule has 3 fully saturated rings. The molecule has 30 heavy (non-hydrogen) atoms. The second-order valence-corrected chi connectivity index (χ2v) is 11.4. The molecule has 2 amide bonds. The van der Waals surface area contributed by atoms with Crippen LogP contribution in [0.3, 0.4) is 0 Å². The summed E-state index contributed by atoms with van der Waals surface area (Å²) in [6, 6.07) is 10.6. The minimum absolute atomic E-state index is 0.103. The van der Waals surface area contributed by atoms with Crippen LogP contribution in [0.2, 0.25) is 0 Å². The van der Waals surface area contributed by atoms with E-state index in [1.807, 2.05) is 12.1 Å². The Morgan fingerprint density at radius 3 is 2.17 bits per heavy atom. The van der Waals surface area contributed by atoms with Crippen molar-refractivity contribution in [1.82, 2.24) is 0 Å². The first-order chi connectivity index (χ1) is 14.6. The lowest BCUT2D eigenvalue weighted by molar-refractivity contribution is -0.122. The van der Waals surface area contributed by atoms with Crippen LogP contribution < -0.4 is 10.6 Å². The van der Waals surface area contributed by atoms with Gasteiger partial charge in [0.2, 0.25) is 5.91 Å². The largest absolute Gasteiger partial charge is 0.459 e. The monoisotopic (exact) mass is 442 g/mol. The zero-order chi connectivity index (χ0) is 20.6. The van der Waals surface area contributed by atoms with E-state index < -0.39 is 0 Å². The zero-order valence-corrected chi connectivity index (χ0v) is 18.4. The van der Waals surface area contributed by atoms with Gasteiger partial charge >= 0.3 is 0 Å². The number of benzene rings is 1. The van der Waals surface area contributed by atoms with Crippen LogP contribution in [0.15, 0.2) is 47.1 Å². The fourth-order valence-corrected chi connectivity index (χ4v) is 9.24. The van der Waals surface area contributed by atoms with Crippen LogP contribution in [-0.2, 0) is 4.79 Å². The third-order valence-electron chi connectivity index (χ3n) is 6.65. The molecule has 2 atom stereocenters. The molecule has 2 unspecified atom stereocenters. The summed E-state index contributed by atoms with van der Waals surface area (Å²) in [5, 5.41) is 5.90. The van der Waals surface area contributed by atoms with Crippen molar-refractivity contribution in [2.45, 2.75) is 36.2 Å². The number of hydrogen-bond acceptors (Lipinski definition) is 5. The van der Waals surface area contributed by atoms with Gasteiger partial charge in [0.15, 0.2) is 5.76 Å². The van der Waals surface area contributed by atoms with Gasteiger partial charge in [0, 0.05) is 28.8 Å². The highest BCUT2D eigenvalue weighted by Crippen LogP contribution is 2.64. The summed E-state index contributed by atoms with van der Waals surface area (Å²) in [5.41, 5.74) is 1.44. The maximum atomic E-state index is 13.0. The Morgan fingerprint density at radius 2 is 1.57 bits per heavy atom. The summed E-state index contributed by atoms with van der Waals surface area (Å²) in [4.78, 5) is 25.1. The molecular weight excluding hydrogens is 416 g/mol. The van der Waals surface area contributed by atoms with Crippen LogP contribution in [0.1, 0.15) is 42.7 Å². The molecule has 1 aromatic heterocycles. The number of amides is 2. The molecule has 5 nitrogen and oxygen atoms in total. The normalized spacial score (nSPS) is 27.0. The van der Waals surface area contributed by atoms with Crippen molar-refractivity contribution in [3.63, 3.8) is 0 Å². The van der Waals surface area contributed by atoms with Crippen molar-refractivity contribution in [2.75, 3.05) is 22.1 Å². The van der Waals surface area contributed by atoms with Gasteiger partial charge in [-0.15, -0.1) is 23.5 Å². The predicted octanol–water partition coefficient (Wildman–Crippen LogP) is 5.47. The van der Waals surface area contributed by atoms with Crippen molar-refractivity contribution in [1.29, 1.82) is 0 Å². The van der Waals surface area contributed by atoms with E-state index in [0.717, 1.165) is 18.5 Å². The zero-order valence-electron chi connectivity index (χ0n) is 16.8. The molecule has 2 heterocycles. The molecule has 2 bridgehead atoms. The van der Waals surface area contributed by atoms with Crippen LogP contribution >= 0.6 is 23.5 Å². The van der Waals surface area contributed by atoms with E-state index in [9.17, 15) is 9.59 Å². The summed E-state index contributed by atoms with van der Waals surface area (Å²) in [6.45, 7) is 0. The van der Waals surface area contributed by atoms with Gasteiger partial charge in [-0.2, -0.15) is 0 Å². The Labute approximate surface area is 185 Å². The van der Waals surface area contributed by atoms with E-state index in [2.05, 4.69) is 34.2 Å². The molecule has 2 aliphatic carbocycles. The van der Waals surface area contributed by atoms with Crippen molar-refractivity contribution in [2.24, 2.45) is 17.8 Å². The standard InChI is InChI=1S/C23H26N2O3S2/c26-21(15-13-16-3-1-4-17(14-15)23(16)29-11-12-30-23)24-18-6-8-19(9-7-18)25-22(27)20-5-2-10-28-20/h2,5-10,15-17H,1,3-4,11-14H2,(H,24,26)(H,25,27). The summed E-state index contributed by atoms with van der Waals surface area (Å²) >= 11 is 4.34. The minimum Gasteiger partial charge on any atom is -0.459 e. The number of carbonyl (C=O) groups is 2. The minimum atomic E-state index is -0.290. The van der Waals surface area contributed by atoms with Crippen LogP contribution in [0.25, 0.3) is 0 Å². The molecule has 2 aromatic rings. The van der Waals surface area contributed by atoms with Gasteiger partial charge in [0.05, 0.1) is 10.3 Å². The van der Waals surface area contributed by atoms with E-state index in [4.69, 9.17) is 4.42 Å². The molecule has 1 aromatic carbocycles. The molecule has 0 radical (unpaired) electrons. The smallest absolute Gasteiger partial charge is 0.291 e. The Balaban J connectivity index is 1.20. The van der Waals surface area contributed by atoms with Gasteiger partial charge in [-0.25, -0.2) is 0 Å². The van der Waals surface area contributed by atoms with Crippen LogP contribution in [-0.4, -0.2) is 27.4 Å². The number of hydrogen-bond donors (Lipinski definition) is 2. The van der Waals surface area contributed by atoms with Crippen LogP contribution in [0.4, 0.5) is 11.4 Å². The number of rotatable bonds is 4. The van der Waals surface area contributed by atoms with E-state index in [1.165, 1.54) is 37.0 Å². The molecule has 1 spiro atoms. The first-order valence-corrected chi connectivity index (χ1v) is 12.6. The molecule has 2 N–H and O–H groups in total.